The van der Waals surface area contributed by atoms with E-state index in [-0.39, 0.29) is 28.5 Å². The van der Waals surface area contributed by atoms with Gasteiger partial charge in [-0.25, -0.2) is 0 Å². The Balaban J connectivity index is 1.72. The highest BCUT2D eigenvalue weighted by Crippen LogP contribution is 2.31. The predicted octanol–water partition coefficient (Wildman–Crippen LogP) is 2.16. The lowest BCUT2D eigenvalue weighted by atomic mass is 10.1. The summed E-state index contributed by atoms with van der Waals surface area (Å²) in [7, 11) is 0. The molecule has 2 amide bonds. The van der Waals surface area contributed by atoms with E-state index in [0.29, 0.717) is 0 Å². The normalized spacial score (nSPS) is 11.4. The van der Waals surface area contributed by atoms with Gasteiger partial charge in [-0.1, -0.05) is 12.1 Å². The Hall–Kier alpha value is -3.28. The summed E-state index contributed by atoms with van der Waals surface area (Å²) >= 11 is 1.12. The molecule has 0 radical (unpaired) electrons. The third kappa shape index (κ3) is 4.28. The maximum atomic E-state index is 12.8. The first-order chi connectivity index (χ1) is 12.7. The number of tetrazole rings is 1. The van der Waals surface area contributed by atoms with Gasteiger partial charge < -0.3 is 11.1 Å². The maximum absolute atomic E-state index is 12.8. The van der Waals surface area contributed by atoms with Crippen LogP contribution in [0.15, 0.2) is 35.7 Å². The van der Waals surface area contributed by atoms with Gasteiger partial charge in [-0.05, 0) is 28.8 Å². The number of alkyl halides is 3. The molecule has 0 spiro atoms. The van der Waals surface area contributed by atoms with Crippen LogP contribution in [0, 0.1) is 0 Å². The van der Waals surface area contributed by atoms with Crippen molar-refractivity contribution in [3.8, 4) is 11.4 Å². The fourth-order valence-electron chi connectivity index (χ4n) is 2.16. The van der Waals surface area contributed by atoms with E-state index in [1.807, 2.05) is 0 Å². The molecule has 12 heteroatoms. The van der Waals surface area contributed by atoms with Gasteiger partial charge in [0.05, 0.1) is 11.1 Å². The minimum absolute atomic E-state index is 0.0529. The van der Waals surface area contributed by atoms with E-state index >= 15 is 0 Å². The van der Waals surface area contributed by atoms with E-state index in [9.17, 15) is 22.8 Å². The number of primary amides is 1. The largest absolute Gasteiger partial charge is 0.416 e. The Labute approximate surface area is 153 Å². The van der Waals surface area contributed by atoms with Crippen molar-refractivity contribution in [1.29, 1.82) is 0 Å². The number of nitrogens with one attached hydrogen (secondary N) is 1. The van der Waals surface area contributed by atoms with Crippen molar-refractivity contribution in [2.75, 3.05) is 5.32 Å². The zero-order valence-corrected chi connectivity index (χ0v) is 14.2. The van der Waals surface area contributed by atoms with Crippen molar-refractivity contribution in [1.82, 2.24) is 20.2 Å². The Kier molecular flexibility index (Phi) is 4.90. The van der Waals surface area contributed by atoms with Crippen LogP contribution >= 0.6 is 11.3 Å². The van der Waals surface area contributed by atoms with Gasteiger partial charge in [0.15, 0.2) is 0 Å². The molecule has 0 saturated heterocycles. The van der Waals surface area contributed by atoms with Gasteiger partial charge in [0.2, 0.25) is 11.7 Å². The Bertz CT molecular complexity index is 997. The average molecular weight is 396 g/mol. The molecule has 27 heavy (non-hydrogen) atoms. The number of nitrogens with zero attached hydrogens (tertiary/aromatic N) is 4. The number of carbonyl (C=O) groups excluding carboxylic acids is 2. The number of anilines is 1. The number of hydrogen-bond acceptors (Lipinski definition) is 6. The van der Waals surface area contributed by atoms with Crippen molar-refractivity contribution in [3.05, 3.63) is 46.8 Å². The van der Waals surface area contributed by atoms with Crippen LogP contribution in [0.2, 0.25) is 0 Å². The highest BCUT2D eigenvalue weighted by Gasteiger charge is 2.30. The van der Waals surface area contributed by atoms with Crippen molar-refractivity contribution in [2.24, 2.45) is 5.73 Å². The third-order valence-electron chi connectivity index (χ3n) is 3.37. The molecule has 0 saturated carbocycles. The van der Waals surface area contributed by atoms with Gasteiger partial charge in [-0.15, -0.1) is 21.5 Å². The number of hydrogen-bond donors (Lipinski definition) is 2. The number of nitrogens with two attached hydrogens (primary N) is 1. The third-order valence-corrected chi connectivity index (χ3v) is 4.20. The van der Waals surface area contributed by atoms with E-state index in [4.69, 9.17) is 5.73 Å². The molecule has 0 aliphatic heterocycles. The fourth-order valence-corrected chi connectivity index (χ4v) is 2.96. The summed E-state index contributed by atoms with van der Waals surface area (Å²) in [4.78, 5) is 24.2. The van der Waals surface area contributed by atoms with Crippen LogP contribution in [0.25, 0.3) is 11.4 Å². The van der Waals surface area contributed by atoms with Gasteiger partial charge in [0.25, 0.3) is 5.91 Å². The number of halogens is 3. The molecule has 2 heterocycles. The molecule has 8 nitrogen and oxygen atoms in total. The number of carbonyl (C=O) groups is 2. The molecule has 1 aromatic carbocycles. The topological polar surface area (TPSA) is 116 Å². The SMILES string of the molecule is NC(=O)c1ccsc1NC(=O)Cn1nnc(-c2cccc(C(F)(F)F)c2)n1. The van der Waals surface area contributed by atoms with E-state index in [2.05, 4.69) is 20.7 Å². The van der Waals surface area contributed by atoms with Gasteiger partial charge >= 0.3 is 6.18 Å². The summed E-state index contributed by atoms with van der Waals surface area (Å²) in [5.41, 5.74) is 4.64. The smallest absolute Gasteiger partial charge is 0.366 e. The van der Waals surface area contributed by atoms with Crippen LogP contribution in [-0.4, -0.2) is 32.0 Å². The molecule has 140 valence electrons. The first-order valence-electron chi connectivity index (χ1n) is 7.36. The van der Waals surface area contributed by atoms with Gasteiger partial charge in [-0.3, -0.25) is 9.59 Å². The minimum Gasteiger partial charge on any atom is -0.366 e. The highest BCUT2D eigenvalue weighted by molar-refractivity contribution is 7.14. The molecule has 3 N–H and O–H groups in total. The molecule has 3 aromatic rings. The standard InChI is InChI=1S/C15H11F3N6O2S/c16-15(17,18)9-3-1-2-8(6-9)13-21-23-24(22-13)7-11(25)20-14-10(12(19)26)4-5-27-14/h1-6H,7H2,(H2,19,26)(H,20,25). The van der Waals surface area contributed by atoms with Crippen molar-refractivity contribution < 1.29 is 22.8 Å². The molecular weight excluding hydrogens is 385 g/mol. The van der Waals surface area contributed by atoms with Gasteiger partial charge in [-0.2, -0.15) is 18.0 Å². The molecule has 0 fully saturated rings. The zero-order chi connectivity index (χ0) is 19.6. The highest BCUT2D eigenvalue weighted by atomic mass is 32.1. The quantitative estimate of drug-likeness (QED) is 0.686. The van der Waals surface area contributed by atoms with Gasteiger partial charge in [0.1, 0.15) is 11.5 Å². The van der Waals surface area contributed by atoms with Crippen LogP contribution in [-0.2, 0) is 17.5 Å². The summed E-state index contributed by atoms with van der Waals surface area (Å²) < 4.78 is 38.4. The summed E-state index contributed by atoms with van der Waals surface area (Å²) in [5, 5.41) is 15.6. The number of benzene rings is 1. The van der Waals surface area contributed by atoms with Crippen LogP contribution in [0.3, 0.4) is 0 Å². The molecule has 2 aromatic heterocycles. The van der Waals surface area contributed by atoms with Crippen LogP contribution in [0.5, 0.6) is 0 Å². The van der Waals surface area contributed by atoms with Crippen molar-refractivity contribution in [3.63, 3.8) is 0 Å². The molecule has 0 atom stereocenters. The summed E-state index contributed by atoms with van der Waals surface area (Å²) in [6, 6.07) is 5.93. The predicted molar refractivity (Wildman–Crippen MR) is 89.7 cm³/mol. The number of amides is 2. The van der Waals surface area contributed by atoms with Crippen molar-refractivity contribution >= 4 is 28.2 Å². The lowest BCUT2D eigenvalue weighted by molar-refractivity contribution is -0.137. The van der Waals surface area contributed by atoms with E-state index in [1.54, 1.807) is 5.38 Å². The molecule has 0 bridgehead atoms. The Morgan fingerprint density at radius 3 is 2.74 bits per heavy atom. The second-order valence-electron chi connectivity index (χ2n) is 5.30. The number of rotatable bonds is 5. The number of thiophene rings is 1. The summed E-state index contributed by atoms with van der Waals surface area (Å²) in [5.74, 6) is -1.28. The van der Waals surface area contributed by atoms with Crippen LogP contribution < -0.4 is 11.1 Å². The molecule has 0 unspecified atom stereocenters. The van der Waals surface area contributed by atoms with Crippen LogP contribution in [0.1, 0.15) is 15.9 Å². The van der Waals surface area contributed by atoms with Gasteiger partial charge in [0, 0.05) is 5.56 Å². The second kappa shape index (κ2) is 7.15. The lowest BCUT2D eigenvalue weighted by Crippen LogP contribution is -2.22. The van der Waals surface area contributed by atoms with E-state index in [0.717, 1.165) is 28.3 Å². The summed E-state index contributed by atoms with van der Waals surface area (Å²) in [6.07, 6.45) is -4.50. The first-order valence-corrected chi connectivity index (χ1v) is 8.24. The summed E-state index contributed by atoms with van der Waals surface area (Å²) in [6.45, 7) is -0.345. The first kappa shape index (κ1) is 18.5. The minimum atomic E-state index is -4.50. The molecule has 0 aliphatic rings. The zero-order valence-electron chi connectivity index (χ0n) is 13.4. The Morgan fingerprint density at radius 1 is 1.26 bits per heavy atom. The maximum Gasteiger partial charge on any atom is 0.416 e. The monoisotopic (exact) mass is 396 g/mol. The molecular formula is C15H11F3N6O2S. The molecule has 0 aliphatic carbocycles. The van der Waals surface area contributed by atoms with E-state index in [1.165, 1.54) is 18.2 Å². The fraction of sp³-hybridized carbons (Fsp3) is 0.133. The van der Waals surface area contributed by atoms with Crippen molar-refractivity contribution in [2.45, 2.75) is 12.7 Å². The average Bonchev–Trinajstić information content (AvgIpc) is 3.23. The second-order valence-corrected chi connectivity index (χ2v) is 6.21. The molecule has 3 rings (SSSR count). The van der Waals surface area contributed by atoms with Crippen LogP contribution in [0.4, 0.5) is 18.2 Å². The lowest BCUT2D eigenvalue weighted by Gasteiger charge is -2.06. The van der Waals surface area contributed by atoms with E-state index < -0.39 is 23.6 Å². The Morgan fingerprint density at radius 2 is 2.04 bits per heavy atom. The number of aromatic nitrogens is 4.